The van der Waals surface area contributed by atoms with Crippen molar-refractivity contribution in [2.24, 2.45) is 0 Å². The molecule has 0 aromatic heterocycles. The summed E-state index contributed by atoms with van der Waals surface area (Å²) in [5.41, 5.74) is 2.40. The van der Waals surface area contributed by atoms with Gasteiger partial charge in [-0.15, -0.1) is 0 Å². The number of hydrogen-bond acceptors (Lipinski definition) is 3. The van der Waals surface area contributed by atoms with Crippen molar-refractivity contribution in [3.8, 4) is 0 Å². The highest BCUT2D eigenvalue weighted by molar-refractivity contribution is 6.69. The SMILES string of the molecule is CCOC1(O[Si](C)(C)C)C=C(C)CC(c2ccccc2)O1. The standard InChI is InChI=1S/C17H26O3Si/c1-6-18-17(20-21(3,4)5)13-14(2)12-16(19-17)15-10-8-7-9-11-15/h7-11,13,16H,6,12H2,1-5H3. The van der Waals surface area contributed by atoms with Crippen LogP contribution in [-0.4, -0.2) is 20.9 Å². The maximum atomic E-state index is 6.26. The summed E-state index contributed by atoms with van der Waals surface area (Å²) in [6.07, 6.45) is 2.83. The van der Waals surface area contributed by atoms with Crippen molar-refractivity contribution in [3.63, 3.8) is 0 Å². The molecule has 1 heterocycles. The lowest BCUT2D eigenvalue weighted by atomic mass is 9.99. The van der Waals surface area contributed by atoms with Crippen molar-refractivity contribution < 1.29 is 13.9 Å². The molecular weight excluding hydrogens is 280 g/mol. The molecule has 4 heteroatoms. The molecule has 2 rings (SSSR count). The summed E-state index contributed by atoms with van der Waals surface area (Å²) in [4.78, 5) is 0. The van der Waals surface area contributed by atoms with Gasteiger partial charge < -0.3 is 13.9 Å². The number of rotatable bonds is 5. The molecule has 1 aromatic rings. The van der Waals surface area contributed by atoms with Gasteiger partial charge in [0.2, 0.25) is 0 Å². The summed E-state index contributed by atoms with van der Waals surface area (Å²) in [6, 6.07) is 10.3. The first-order valence-corrected chi connectivity index (χ1v) is 11.0. The third-order valence-corrected chi connectivity index (χ3v) is 4.10. The second-order valence-corrected chi connectivity index (χ2v) is 10.9. The van der Waals surface area contributed by atoms with Crippen molar-refractivity contribution in [1.82, 2.24) is 0 Å². The first-order valence-electron chi connectivity index (χ1n) is 7.59. The highest BCUT2D eigenvalue weighted by Gasteiger charge is 2.41. The van der Waals surface area contributed by atoms with E-state index in [2.05, 4.69) is 38.7 Å². The zero-order valence-electron chi connectivity index (χ0n) is 13.7. The summed E-state index contributed by atoms with van der Waals surface area (Å²) >= 11 is 0. The van der Waals surface area contributed by atoms with Gasteiger partial charge in [0, 0.05) is 12.7 Å². The Morgan fingerprint density at radius 3 is 2.48 bits per heavy atom. The van der Waals surface area contributed by atoms with Crippen molar-refractivity contribution in [3.05, 3.63) is 47.5 Å². The van der Waals surface area contributed by atoms with Gasteiger partial charge in [-0.25, -0.2) is 0 Å². The van der Waals surface area contributed by atoms with Crippen molar-refractivity contribution in [2.75, 3.05) is 6.61 Å². The zero-order valence-corrected chi connectivity index (χ0v) is 14.7. The summed E-state index contributed by atoms with van der Waals surface area (Å²) in [7, 11) is -1.81. The summed E-state index contributed by atoms with van der Waals surface area (Å²) in [5.74, 6) is -1.04. The lowest BCUT2D eigenvalue weighted by Crippen LogP contribution is -2.48. The molecule has 2 unspecified atom stereocenters. The highest BCUT2D eigenvalue weighted by atomic mass is 28.4. The Morgan fingerprint density at radius 1 is 1.24 bits per heavy atom. The molecule has 0 N–H and O–H groups in total. The van der Waals surface area contributed by atoms with Crippen LogP contribution >= 0.6 is 0 Å². The van der Waals surface area contributed by atoms with E-state index in [1.54, 1.807) is 0 Å². The first-order chi connectivity index (χ1) is 9.84. The Labute approximate surface area is 129 Å². The maximum Gasteiger partial charge on any atom is 0.296 e. The number of hydrogen-bond donors (Lipinski definition) is 0. The Hall–Kier alpha value is -0.943. The Balaban J connectivity index is 2.30. The summed E-state index contributed by atoms with van der Waals surface area (Å²) in [6.45, 7) is 11.1. The van der Waals surface area contributed by atoms with Gasteiger partial charge in [-0.3, -0.25) is 0 Å². The van der Waals surface area contributed by atoms with Crippen LogP contribution in [0.1, 0.15) is 31.9 Å². The van der Waals surface area contributed by atoms with Gasteiger partial charge in [0.05, 0.1) is 6.10 Å². The maximum absolute atomic E-state index is 6.26. The predicted molar refractivity (Wildman–Crippen MR) is 87.4 cm³/mol. The monoisotopic (exact) mass is 306 g/mol. The predicted octanol–water partition coefficient (Wildman–Crippen LogP) is 4.64. The van der Waals surface area contributed by atoms with Gasteiger partial charge in [-0.2, -0.15) is 0 Å². The summed E-state index contributed by atoms with van der Waals surface area (Å²) < 4.78 is 18.4. The van der Waals surface area contributed by atoms with E-state index in [4.69, 9.17) is 13.9 Å². The minimum Gasteiger partial charge on any atom is -0.366 e. The first kappa shape index (κ1) is 16.4. The van der Waals surface area contributed by atoms with Crippen LogP contribution in [0.4, 0.5) is 0 Å². The Bertz CT molecular complexity index is 493. The van der Waals surface area contributed by atoms with Crippen LogP contribution in [0.25, 0.3) is 0 Å². The number of benzene rings is 1. The molecule has 1 aromatic carbocycles. The van der Waals surface area contributed by atoms with Gasteiger partial charge in [-0.05, 0) is 45.5 Å². The molecule has 0 aliphatic carbocycles. The van der Waals surface area contributed by atoms with Crippen LogP contribution in [0.2, 0.25) is 19.6 Å². The van der Waals surface area contributed by atoms with E-state index in [-0.39, 0.29) is 6.10 Å². The average Bonchev–Trinajstić information content (AvgIpc) is 2.37. The van der Waals surface area contributed by atoms with E-state index < -0.39 is 14.3 Å². The Morgan fingerprint density at radius 2 is 1.90 bits per heavy atom. The molecule has 0 saturated carbocycles. The molecule has 21 heavy (non-hydrogen) atoms. The van der Waals surface area contributed by atoms with Gasteiger partial charge >= 0.3 is 0 Å². The fourth-order valence-corrected chi connectivity index (χ4v) is 3.59. The molecule has 116 valence electrons. The minimum absolute atomic E-state index is 0.0286. The second kappa shape index (κ2) is 6.44. The van der Waals surface area contributed by atoms with Gasteiger partial charge in [-0.1, -0.05) is 35.9 Å². The topological polar surface area (TPSA) is 27.7 Å². The molecule has 3 nitrogen and oxygen atoms in total. The third kappa shape index (κ3) is 4.51. The highest BCUT2D eigenvalue weighted by Crippen LogP contribution is 2.39. The Kier molecular flexibility index (Phi) is 5.04. The van der Waals surface area contributed by atoms with Crippen LogP contribution in [0.15, 0.2) is 42.0 Å². The van der Waals surface area contributed by atoms with E-state index in [9.17, 15) is 0 Å². The minimum atomic E-state index is -1.81. The summed E-state index contributed by atoms with van der Waals surface area (Å²) in [5, 5.41) is 0. The molecule has 0 saturated heterocycles. The van der Waals surface area contributed by atoms with E-state index in [0.29, 0.717) is 6.61 Å². The van der Waals surface area contributed by atoms with Gasteiger partial charge in [0.25, 0.3) is 5.97 Å². The quantitative estimate of drug-likeness (QED) is 0.451. The second-order valence-electron chi connectivity index (χ2n) is 6.46. The van der Waals surface area contributed by atoms with Gasteiger partial charge in [0.15, 0.2) is 8.32 Å². The molecule has 1 aliphatic heterocycles. The third-order valence-electron chi connectivity index (χ3n) is 3.20. The van der Waals surface area contributed by atoms with Crippen molar-refractivity contribution in [2.45, 2.75) is 52.0 Å². The van der Waals surface area contributed by atoms with E-state index in [1.165, 1.54) is 5.57 Å². The van der Waals surface area contributed by atoms with Crippen LogP contribution in [0.5, 0.6) is 0 Å². The van der Waals surface area contributed by atoms with Crippen LogP contribution in [-0.2, 0) is 13.9 Å². The van der Waals surface area contributed by atoms with Crippen molar-refractivity contribution >= 4 is 8.32 Å². The van der Waals surface area contributed by atoms with Crippen molar-refractivity contribution in [1.29, 1.82) is 0 Å². The zero-order chi connectivity index (χ0) is 15.5. The fraction of sp³-hybridized carbons (Fsp3) is 0.529. The molecular formula is C17H26O3Si. The molecule has 0 radical (unpaired) electrons. The van der Waals surface area contributed by atoms with Crippen LogP contribution in [0, 0.1) is 0 Å². The lowest BCUT2D eigenvalue weighted by Gasteiger charge is -2.41. The fourth-order valence-electron chi connectivity index (χ4n) is 2.57. The number of ether oxygens (including phenoxy) is 2. The average molecular weight is 306 g/mol. The lowest BCUT2D eigenvalue weighted by molar-refractivity contribution is -0.338. The van der Waals surface area contributed by atoms with E-state index in [0.717, 1.165) is 12.0 Å². The normalized spacial score (nSPS) is 26.5. The largest absolute Gasteiger partial charge is 0.366 e. The smallest absolute Gasteiger partial charge is 0.296 e. The molecule has 0 fully saturated rings. The molecule has 1 aliphatic rings. The van der Waals surface area contributed by atoms with Gasteiger partial charge in [0.1, 0.15) is 0 Å². The van der Waals surface area contributed by atoms with E-state index >= 15 is 0 Å². The molecule has 0 amide bonds. The molecule has 2 atom stereocenters. The van der Waals surface area contributed by atoms with E-state index in [1.807, 2.05) is 31.2 Å². The molecule has 0 bridgehead atoms. The van der Waals surface area contributed by atoms with Crippen LogP contribution in [0.3, 0.4) is 0 Å². The molecule has 0 spiro atoms. The van der Waals surface area contributed by atoms with Crippen LogP contribution < -0.4 is 0 Å².